The van der Waals surface area contributed by atoms with E-state index in [0.29, 0.717) is 28.2 Å². The van der Waals surface area contributed by atoms with E-state index >= 15 is 0 Å². The first-order valence-electron chi connectivity index (χ1n) is 11.8. The average Bonchev–Trinajstić information content (AvgIpc) is 2.93. The highest BCUT2D eigenvalue weighted by atomic mass is 16.5. The van der Waals surface area contributed by atoms with Crippen molar-refractivity contribution in [3.8, 4) is 23.0 Å². The molecule has 0 aliphatic heterocycles. The molecule has 0 heterocycles. The standard InChI is InChI=1S/C31H27NO6/c1-20-5-16-28(21(2)17-20)32-19-24-10-15-27(37-30(33)22-6-11-25(35-3)12-7-22)18-29(24)38-31(34)23-8-13-26(36-4)14-9-23/h5-19H,1-4H3. The molecule has 0 aliphatic carbocycles. The molecule has 192 valence electrons. The molecule has 0 saturated heterocycles. The molecule has 0 aliphatic rings. The van der Waals surface area contributed by atoms with Crippen molar-refractivity contribution in [1.29, 1.82) is 0 Å². The number of aliphatic imine (C=N–C) groups is 1. The third kappa shape index (κ3) is 6.44. The van der Waals surface area contributed by atoms with Gasteiger partial charge in [0.15, 0.2) is 0 Å². The first kappa shape index (κ1) is 26.2. The maximum Gasteiger partial charge on any atom is 0.343 e. The zero-order valence-corrected chi connectivity index (χ0v) is 21.6. The van der Waals surface area contributed by atoms with Crippen LogP contribution < -0.4 is 18.9 Å². The van der Waals surface area contributed by atoms with Crippen LogP contribution in [0.4, 0.5) is 5.69 Å². The summed E-state index contributed by atoms with van der Waals surface area (Å²) in [6.45, 7) is 4.00. The van der Waals surface area contributed by atoms with E-state index in [1.54, 1.807) is 81.1 Å². The number of hydrogen-bond acceptors (Lipinski definition) is 7. The molecule has 0 fully saturated rings. The van der Waals surface area contributed by atoms with Gasteiger partial charge in [0.25, 0.3) is 0 Å². The van der Waals surface area contributed by atoms with Crippen LogP contribution in [0.15, 0.2) is 89.9 Å². The van der Waals surface area contributed by atoms with Crippen LogP contribution in [-0.2, 0) is 0 Å². The molecule has 4 rings (SSSR count). The minimum absolute atomic E-state index is 0.194. The first-order chi connectivity index (χ1) is 18.4. The highest BCUT2D eigenvalue weighted by Gasteiger charge is 2.15. The van der Waals surface area contributed by atoms with E-state index in [-0.39, 0.29) is 11.5 Å². The lowest BCUT2D eigenvalue weighted by Gasteiger charge is -2.11. The zero-order chi connectivity index (χ0) is 27.1. The van der Waals surface area contributed by atoms with Gasteiger partial charge in [-0.05, 0) is 86.1 Å². The SMILES string of the molecule is COc1ccc(C(=O)Oc2ccc(C=Nc3ccc(C)cc3C)c(OC(=O)c3ccc(OC)cc3)c2)cc1. The Hall–Kier alpha value is -4.91. The van der Waals surface area contributed by atoms with Gasteiger partial charge in [0.1, 0.15) is 23.0 Å². The largest absolute Gasteiger partial charge is 0.497 e. The Morgan fingerprint density at radius 3 is 1.76 bits per heavy atom. The maximum absolute atomic E-state index is 12.9. The van der Waals surface area contributed by atoms with E-state index < -0.39 is 11.9 Å². The van der Waals surface area contributed by atoms with Gasteiger partial charge >= 0.3 is 11.9 Å². The third-order valence-electron chi connectivity index (χ3n) is 5.74. The minimum Gasteiger partial charge on any atom is -0.497 e. The molecule has 0 N–H and O–H groups in total. The fourth-order valence-corrected chi connectivity index (χ4v) is 3.64. The Morgan fingerprint density at radius 1 is 0.658 bits per heavy atom. The molecule has 7 heteroatoms. The number of carbonyl (C=O) groups excluding carboxylic acids is 2. The Bertz CT molecular complexity index is 1470. The second-order valence-corrected chi connectivity index (χ2v) is 8.48. The Balaban J connectivity index is 1.62. The van der Waals surface area contributed by atoms with Crippen LogP contribution in [0, 0.1) is 13.8 Å². The summed E-state index contributed by atoms with van der Waals surface area (Å²) in [6, 6.07) is 23.9. The van der Waals surface area contributed by atoms with Gasteiger partial charge in [0, 0.05) is 17.8 Å². The van der Waals surface area contributed by atoms with E-state index in [1.165, 1.54) is 6.07 Å². The lowest BCUT2D eigenvalue weighted by atomic mass is 10.1. The molecule has 4 aromatic rings. The quantitative estimate of drug-likeness (QED) is 0.153. The van der Waals surface area contributed by atoms with Gasteiger partial charge in [-0.25, -0.2) is 9.59 Å². The summed E-state index contributed by atoms with van der Waals surface area (Å²) >= 11 is 0. The predicted octanol–water partition coefficient (Wildman–Crippen LogP) is 6.51. The number of rotatable bonds is 8. The predicted molar refractivity (Wildman–Crippen MR) is 146 cm³/mol. The van der Waals surface area contributed by atoms with E-state index in [0.717, 1.165) is 16.8 Å². The van der Waals surface area contributed by atoms with Crippen molar-refractivity contribution in [3.05, 3.63) is 113 Å². The molecule has 0 aromatic heterocycles. The van der Waals surface area contributed by atoms with Crippen molar-refractivity contribution in [2.75, 3.05) is 14.2 Å². The third-order valence-corrected chi connectivity index (χ3v) is 5.74. The van der Waals surface area contributed by atoms with Gasteiger partial charge in [-0.15, -0.1) is 0 Å². The molecule has 0 amide bonds. The highest BCUT2D eigenvalue weighted by molar-refractivity contribution is 5.94. The fraction of sp³-hybridized carbons (Fsp3) is 0.129. The number of aryl methyl sites for hydroxylation is 2. The number of esters is 2. The Morgan fingerprint density at radius 2 is 1.21 bits per heavy atom. The zero-order valence-electron chi connectivity index (χ0n) is 21.6. The summed E-state index contributed by atoms with van der Waals surface area (Å²) in [6.07, 6.45) is 1.61. The monoisotopic (exact) mass is 509 g/mol. The molecule has 0 bridgehead atoms. The minimum atomic E-state index is -0.576. The van der Waals surface area contributed by atoms with Crippen molar-refractivity contribution >= 4 is 23.8 Å². The number of methoxy groups -OCH3 is 2. The van der Waals surface area contributed by atoms with Crippen LogP contribution in [-0.4, -0.2) is 32.4 Å². The van der Waals surface area contributed by atoms with Gasteiger partial charge < -0.3 is 18.9 Å². The van der Waals surface area contributed by atoms with Gasteiger partial charge in [0.05, 0.1) is 31.0 Å². The highest BCUT2D eigenvalue weighted by Crippen LogP contribution is 2.28. The van der Waals surface area contributed by atoms with Gasteiger partial charge in [0.2, 0.25) is 0 Å². The molecular weight excluding hydrogens is 482 g/mol. The molecule has 7 nitrogen and oxygen atoms in total. The van der Waals surface area contributed by atoms with E-state index in [9.17, 15) is 9.59 Å². The van der Waals surface area contributed by atoms with E-state index in [2.05, 4.69) is 4.99 Å². The molecule has 0 spiro atoms. The topological polar surface area (TPSA) is 83.4 Å². The van der Waals surface area contributed by atoms with Crippen molar-refractivity contribution < 1.29 is 28.5 Å². The van der Waals surface area contributed by atoms with Crippen LogP contribution in [0.1, 0.15) is 37.4 Å². The van der Waals surface area contributed by atoms with Crippen molar-refractivity contribution in [1.82, 2.24) is 0 Å². The summed E-state index contributed by atoms with van der Waals surface area (Å²) in [5.41, 5.74) is 4.17. The van der Waals surface area contributed by atoms with Crippen LogP contribution in [0.5, 0.6) is 23.0 Å². The summed E-state index contributed by atoms with van der Waals surface area (Å²) in [5, 5.41) is 0. The second kappa shape index (κ2) is 11.9. The van der Waals surface area contributed by atoms with Crippen molar-refractivity contribution in [2.24, 2.45) is 4.99 Å². The summed E-state index contributed by atoms with van der Waals surface area (Å²) in [7, 11) is 3.10. The number of carbonyl (C=O) groups is 2. The number of benzene rings is 4. The molecule has 38 heavy (non-hydrogen) atoms. The molecule has 4 aromatic carbocycles. The van der Waals surface area contributed by atoms with Gasteiger partial charge in [-0.1, -0.05) is 17.7 Å². The van der Waals surface area contributed by atoms with Gasteiger partial charge in [-0.2, -0.15) is 0 Å². The lowest BCUT2D eigenvalue weighted by molar-refractivity contribution is 0.0732. The lowest BCUT2D eigenvalue weighted by Crippen LogP contribution is -2.11. The van der Waals surface area contributed by atoms with Crippen LogP contribution >= 0.6 is 0 Å². The van der Waals surface area contributed by atoms with E-state index in [4.69, 9.17) is 18.9 Å². The summed E-state index contributed by atoms with van der Waals surface area (Å²) < 4.78 is 21.6. The Kier molecular flexibility index (Phi) is 8.18. The smallest absolute Gasteiger partial charge is 0.343 e. The summed E-state index contributed by atoms with van der Waals surface area (Å²) in [5.74, 6) is 0.521. The molecule has 0 atom stereocenters. The normalized spacial score (nSPS) is 10.7. The number of nitrogens with zero attached hydrogens (tertiary/aromatic N) is 1. The molecular formula is C31H27NO6. The van der Waals surface area contributed by atoms with Crippen LogP contribution in [0.2, 0.25) is 0 Å². The van der Waals surface area contributed by atoms with Crippen molar-refractivity contribution in [2.45, 2.75) is 13.8 Å². The van der Waals surface area contributed by atoms with Crippen LogP contribution in [0.3, 0.4) is 0 Å². The molecule has 0 saturated carbocycles. The number of hydrogen-bond donors (Lipinski definition) is 0. The maximum atomic E-state index is 12.9. The van der Waals surface area contributed by atoms with Crippen LogP contribution in [0.25, 0.3) is 0 Å². The second-order valence-electron chi connectivity index (χ2n) is 8.48. The summed E-state index contributed by atoms with van der Waals surface area (Å²) in [4.78, 5) is 30.2. The molecule has 0 radical (unpaired) electrons. The first-order valence-corrected chi connectivity index (χ1v) is 11.8. The van der Waals surface area contributed by atoms with Crippen molar-refractivity contribution in [3.63, 3.8) is 0 Å². The Labute approximate surface area is 221 Å². The van der Waals surface area contributed by atoms with E-state index in [1.807, 2.05) is 32.0 Å². The fourth-order valence-electron chi connectivity index (χ4n) is 3.64. The number of ether oxygens (including phenoxy) is 4. The molecule has 0 unspecified atom stereocenters. The van der Waals surface area contributed by atoms with Gasteiger partial charge in [-0.3, -0.25) is 4.99 Å². The average molecular weight is 510 g/mol.